The van der Waals surface area contributed by atoms with Crippen LogP contribution < -0.4 is 10.5 Å². The second-order valence-corrected chi connectivity index (χ2v) is 6.80. The van der Waals surface area contributed by atoms with Crippen molar-refractivity contribution in [2.24, 2.45) is 5.73 Å². The summed E-state index contributed by atoms with van der Waals surface area (Å²) in [6.07, 6.45) is 0. The molecule has 2 aromatic carbocycles. The lowest BCUT2D eigenvalue weighted by molar-refractivity contribution is 0.296. The number of hydrogen-bond acceptors (Lipinski definition) is 2. The van der Waals surface area contributed by atoms with Crippen molar-refractivity contribution in [2.75, 3.05) is 0 Å². The first kappa shape index (κ1) is 16.5. The molecule has 0 aliphatic rings. The Morgan fingerprint density at radius 3 is 2.38 bits per heavy atom. The van der Waals surface area contributed by atoms with Gasteiger partial charge >= 0.3 is 0 Å². The number of hydrogen-bond donors (Lipinski definition) is 2. The molecule has 3 nitrogen and oxygen atoms in total. The summed E-state index contributed by atoms with van der Waals surface area (Å²) in [6, 6.07) is 8.38. The third-order valence-electron chi connectivity index (χ3n) is 2.70. The first-order chi connectivity index (χ1) is 9.90. The second-order valence-electron chi connectivity index (χ2n) is 4.18. The summed E-state index contributed by atoms with van der Waals surface area (Å²) in [4.78, 5) is 0. The molecule has 0 atom stereocenters. The van der Waals surface area contributed by atoms with E-state index in [1.165, 1.54) is 6.07 Å². The van der Waals surface area contributed by atoms with Gasteiger partial charge in [0.05, 0.1) is 14.5 Å². The summed E-state index contributed by atoms with van der Waals surface area (Å²) in [5.74, 6) is -0.263. The molecule has 2 rings (SSSR count). The van der Waals surface area contributed by atoms with E-state index in [2.05, 4.69) is 47.8 Å². The summed E-state index contributed by atoms with van der Waals surface area (Å²) in [5.41, 5.74) is 5.75. The molecule has 0 spiro atoms. The van der Waals surface area contributed by atoms with Crippen LogP contribution in [0.3, 0.4) is 0 Å². The van der Waals surface area contributed by atoms with Crippen LogP contribution in [0.2, 0.25) is 0 Å². The minimum atomic E-state index is -0.533. The van der Waals surface area contributed by atoms with Gasteiger partial charge in [-0.3, -0.25) is 5.41 Å². The zero-order chi connectivity index (χ0) is 15.6. The number of amidine groups is 1. The molecule has 0 saturated heterocycles. The Hall–Kier alpha value is -0.920. The predicted octanol–water partition coefficient (Wildman–Crippen LogP) is 4.98. The molecule has 3 N–H and O–H groups in total. The fraction of sp³-hybridized carbons (Fsp3) is 0.0714. The van der Waals surface area contributed by atoms with Crippen LogP contribution in [-0.4, -0.2) is 5.84 Å². The van der Waals surface area contributed by atoms with E-state index in [0.29, 0.717) is 11.3 Å². The SMILES string of the molecule is N=C(N)c1cccc(COc2c(Br)cc(Br)cc2Br)c1F. The Morgan fingerprint density at radius 1 is 1.19 bits per heavy atom. The predicted molar refractivity (Wildman–Crippen MR) is 91.3 cm³/mol. The van der Waals surface area contributed by atoms with Crippen LogP contribution in [0.4, 0.5) is 4.39 Å². The second kappa shape index (κ2) is 6.89. The molecule has 21 heavy (non-hydrogen) atoms. The molecule has 0 bridgehead atoms. The molecule has 0 aliphatic heterocycles. The highest BCUT2D eigenvalue weighted by Gasteiger charge is 2.13. The summed E-state index contributed by atoms with van der Waals surface area (Å²) < 4.78 is 22.2. The number of ether oxygens (including phenoxy) is 1. The molecule has 0 unspecified atom stereocenters. The summed E-state index contributed by atoms with van der Waals surface area (Å²) >= 11 is 10.2. The zero-order valence-corrected chi connectivity index (χ0v) is 15.3. The Morgan fingerprint density at radius 2 is 1.81 bits per heavy atom. The minimum absolute atomic E-state index is 0.0335. The van der Waals surface area contributed by atoms with Crippen molar-refractivity contribution >= 4 is 53.6 Å². The average Bonchev–Trinajstić information content (AvgIpc) is 2.38. The maximum absolute atomic E-state index is 14.2. The number of halogens is 4. The quantitative estimate of drug-likeness (QED) is 0.479. The van der Waals surface area contributed by atoms with Crippen molar-refractivity contribution < 1.29 is 9.13 Å². The van der Waals surface area contributed by atoms with Crippen molar-refractivity contribution in [3.63, 3.8) is 0 Å². The number of nitrogen functional groups attached to an aromatic ring is 1. The fourth-order valence-corrected chi connectivity index (χ4v) is 4.20. The molecule has 7 heteroatoms. The van der Waals surface area contributed by atoms with Crippen molar-refractivity contribution in [2.45, 2.75) is 6.61 Å². The monoisotopic (exact) mass is 478 g/mol. The fourth-order valence-electron chi connectivity index (χ4n) is 1.72. The van der Waals surface area contributed by atoms with Crippen LogP contribution in [0, 0.1) is 11.2 Å². The highest BCUT2D eigenvalue weighted by atomic mass is 79.9. The first-order valence-corrected chi connectivity index (χ1v) is 8.17. The van der Waals surface area contributed by atoms with Gasteiger partial charge in [0.15, 0.2) is 0 Å². The van der Waals surface area contributed by atoms with E-state index in [0.717, 1.165) is 13.4 Å². The maximum Gasteiger partial charge on any atom is 0.148 e. The van der Waals surface area contributed by atoms with Gasteiger partial charge in [-0.25, -0.2) is 4.39 Å². The Labute approximate surface area is 146 Å². The maximum atomic E-state index is 14.2. The van der Waals surface area contributed by atoms with E-state index in [-0.39, 0.29) is 18.0 Å². The van der Waals surface area contributed by atoms with Crippen LogP contribution in [0.15, 0.2) is 43.7 Å². The molecular weight excluding hydrogens is 471 g/mol. The molecule has 0 heterocycles. The molecule has 2 aromatic rings. The van der Waals surface area contributed by atoms with Gasteiger partial charge in [0.1, 0.15) is 24.0 Å². The van der Waals surface area contributed by atoms with Gasteiger partial charge in [-0.15, -0.1) is 0 Å². The standard InChI is InChI=1S/C14H10Br3FN2O/c15-8-4-10(16)13(11(17)5-8)21-6-7-2-1-3-9(12(7)18)14(19)20/h1-5H,6H2,(H3,19,20). The van der Waals surface area contributed by atoms with Crippen LogP contribution >= 0.6 is 47.8 Å². The van der Waals surface area contributed by atoms with Crippen molar-refractivity contribution in [1.29, 1.82) is 5.41 Å². The normalized spacial score (nSPS) is 10.5. The first-order valence-electron chi connectivity index (χ1n) is 5.79. The van der Waals surface area contributed by atoms with E-state index in [1.807, 2.05) is 12.1 Å². The number of benzene rings is 2. The number of nitrogens with one attached hydrogen (secondary N) is 1. The lowest BCUT2D eigenvalue weighted by Crippen LogP contribution is -2.14. The Bertz CT molecular complexity index is 684. The van der Waals surface area contributed by atoms with Crippen LogP contribution in [0.25, 0.3) is 0 Å². The van der Waals surface area contributed by atoms with Crippen LogP contribution in [0.5, 0.6) is 5.75 Å². The zero-order valence-electron chi connectivity index (χ0n) is 10.6. The minimum Gasteiger partial charge on any atom is -0.486 e. The Kier molecular flexibility index (Phi) is 5.40. The number of nitrogens with two attached hydrogens (primary N) is 1. The molecule has 0 radical (unpaired) electrons. The molecule has 0 fully saturated rings. The average molecular weight is 481 g/mol. The van der Waals surface area contributed by atoms with E-state index in [4.69, 9.17) is 15.9 Å². The van der Waals surface area contributed by atoms with Gasteiger partial charge in [0.25, 0.3) is 0 Å². The van der Waals surface area contributed by atoms with Gasteiger partial charge in [-0.1, -0.05) is 28.1 Å². The van der Waals surface area contributed by atoms with E-state index < -0.39 is 5.82 Å². The molecular formula is C14H10Br3FN2O. The molecule has 0 aromatic heterocycles. The topological polar surface area (TPSA) is 59.1 Å². The third-order valence-corrected chi connectivity index (χ3v) is 4.34. The smallest absolute Gasteiger partial charge is 0.148 e. The summed E-state index contributed by atoms with van der Waals surface area (Å²) in [6.45, 7) is 0.0335. The van der Waals surface area contributed by atoms with Gasteiger partial charge in [0, 0.05) is 10.0 Å². The van der Waals surface area contributed by atoms with Gasteiger partial charge < -0.3 is 10.5 Å². The van der Waals surface area contributed by atoms with Gasteiger partial charge in [-0.05, 0) is 50.1 Å². The van der Waals surface area contributed by atoms with Gasteiger partial charge in [-0.2, -0.15) is 0 Å². The van der Waals surface area contributed by atoms with Crippen LogP contribution in [-0.2, 0) is 6.61 Å². The van der Waals surface area contributed by atoms with E-state index in [1.54, 1.807) is 12.1 Å². The third kappa shape index (κ3) is 3.84. The highest BCUT2D eigenvalue weighted by molar-refractivity contribution is 9.11. The van der Waals surface area contributed by atoms with E-state index >= 15 is 0 Å². The van der Waals surface area contributed by atoms with Crippen molar-refractivity contribution in [3.05, 3.63) is 60.7 Å². The molecule has 0 aliphatic carbocycles. The van der Waals surface area contributed by atoms with Gasteiger partial charge in [0.2, 0.25) is 0 Å². The van der Waals surface area contributed by atoms with Crippen LogP contribution in [0.1, 0.15) is 11.1 Å². The molecule has 110 valence electrons. The highest BCUT2D eigenvalue weighted by Crippen LogP contribution is 2.37. The Balaban J connectivity index is 2.25. The summed E-state index contributed by atoms with van der Waals surface area (Å²) in [5, 5.41) is 7.34. The van der Waals surface area contributed by atoms with Crippen molar-refractivity contribution in [3.8, 4) is 5.75 Å². The van der Waals surface area contributed by atoms with E-state index in [9.17, 15) is 4.39 Å². The lowest BCUT2D eigenvalue weighted by atomic mass is 10.1. The lowest BCUT2D eigenvalue weighted by Gasteiger charge is -2.12. The largest absolute Gasteiger partial charge is 0.486 e. The number of rotatable bonds is 4. The van der Waals surface area contributed by atoms with Crippen molar-refractivity contribution in [1.82, 2.24) is 0 Å². The summed E-state index contributed by atoms with van der Waals surface area (Å²) in [7, 11) is 0. The molecule has 0 saturated carbocycles. The molecule has 0 amide bonds.